The maximum atomic E-state index is 11.3. The van der Waals surface area contributed by atoms with Crippen LogP contribution in [0.2, 0.25) is 0 Å². The number of hydrogen-bond donors (Lipinski definition) is 2. The molecule has 1 unspecified atom stereocenters. The van der Waals surface area contributed by atoms with Crippen molar-refractivity contribution in [2.24, 2.45) is 16.8 Å². The molecule has 2 aromatic rings. The molecule has 3 N–H and O–H groups in total. The van der Waals surface area contributed by atoms with Gasteiger partial charge in [0, 0.05) is 5.56 Å². The maximum Gasteiger partial charge on any atom is 0.306 e. The van der Waals surface area contributed by atoms with Gasteiger partial charge in [0.25, 0.3) is 0 Å². The first kappa shape index (κ1) is 21.3. The molecule has 7 nitrogen and oxygen atoms in total. The van der Waals surface area contributed by atoms with E-state index >= 15 is 0 Å². The van der Waals surface area contributed by atoms with Crippen LogP contribution in [0.5, 0.6) is 5.88 Å². The summed E-state index contributed by atoms with van der Waals surface area (Å²) in [6.45, 7) is 7.55. The molecule has 7 heteroatoms. The van der Waals surface area contributed by atoms with Crippen LogP contribution in [0.3, 0.4) is 0 Å². The number of hydrogen-bond acceptors (Lipinski definition) is 6. The zero-order chi connectivity index (χ0) is 22.3. The molecule has 1 aliphatic carbocycles. The number of carbonyl (C=O) groups is 1. The number of benzene rings is 1. The topological polar surface area (TPSA) is 111 Å². The van der Waals surface area contributed by atoms with Gasteiger partial charge in [-0.05, 0) is 63.9 Å². The molecule has 2 heterocycles. The lowest BCUT2D eigenvalue weighted by Gasteiger charge is -2.33. The summed E-state index contributed by atoms with van der Waals surface area (Å²) in [6, 6.07) is 8.48. The highest BCUT2D eigenvalue weighted by Crippen LogP contribution is 2.41. The Kier molecular flexibility index (Phi) is 5.45. The van der Waals surface area contributed by atoms with Crippen molar-refractivity contribution in [2.45, 2.75) is 64.9 Å². The van der Waals surface area contributed by atoms with E-state index in [-0.39, 0.29) is 11.8 Å². The Labute approximate surface area is 182 Å². The predicted molar refractivity (Wildman–Crippen MR) is 120 cm³/mol. The van der Waals surface area contributed by atoms with Crippen LogP contribution in [0, 0.1) is 18.8 Å². The smallest absolute Gasteiger partial charge is 0.306 e. The lowest BCUT2D eigenvalue weighted by Crippen LogP contribution is -2.41. The van der Waals surface area contributed by atoms with Crippen molar-refractivity contribution in [3.8, 4) is 5.88 Å². The summed E-state index contributed by atoms with van der Waals surface area (Å²) in [7, 11) is 0. The van der Waals surface area contributed by atoms with E-state index in [1.54, 1.807) is 6.92 Å². The molecule has 0 bridgehead atoms. The summed E-state index contributed by atoms with van der Waals surface area (Å²) in [5, 5.41) is 9.27. The number of nitrogens with zero attached hydrogens (tertiary/aromatic N) is 3. The Morgan fingerprint density at radius 1 is 1.16 bits per heavy atom. The zero-order valence-corrected chi connectivity index (χ0v) is 18.6. The molecule has 0 spiro atoms. The molecule has 164 valence electrons. The van der Waals surface area contributed by atoms with Crippen LogP contribution in [-0.4, -0.2) is 32.4 Å². The molecule has 0 saturated heterocycles. The van der Waals surface area contributed by atoms with Crippen molar-refractivity contribution in [3.05, 3.63) is 41.2 Å². The van der Waals surface area contributed by atoms with E-state index in [9.17, 15) is 9.90 Å². The maximum absolute atomic E-state index is 11.3. The molecule has 1 fully saturated rings. The minimum absolute atomic E-state index is 0.266. The van der Waals surface area contributed by atoms with E-state index in [2.05, 4.69) is 34.2 Å². The van der Waals surface area contributed by atoms with Gasteiger partial charge in [-0.15, -0.1) is 0 Å². The standard InChI is InChI=1S/C24H30N4O3/c1-13(23(29)30)15-5-7-16(8-6-15)17-9-11-18(12-10-17)20-24(3,4)31-22-19(28-20)21(25)26-14(2)27-22/h9-13,15-16H,5-8H2,1-4H3,(H,29,30)(H2,25,26,27). The Balaban J connectivity index is 1.54. The molecule has 0 amide bonds. The van der Waals surface area contributed by atoms with Crippen molar-refractivity contribution in [3.63, 3.8) is 0 Å². The third kappa shape index (κ3) is 4.13. The second-order valence-corrected chi connectivity index (χ2v) is 9.24. The largest absolute Gasteiger partial charge is 0.481 e. The van der Waals surface area contributed by atoms with Crippen LogP contribution in [0.4, 0.5) is 11.5 Å². The van der Waals surface area contributed by atoms with Crippen LogP contribution < -0.4 is 10.5 Å². The van der Waals surface area contributed by atoms with E-state index in [0.29, 0.717) is 29.1 Å². The lowest BCUT2D eigenvalue weighted by atomic mass is 9.74. The number of aliphatic imine (C=N–C) groups is 1. The van der Waals surface area contributed by atoms with Crippen LogP contribution in [0.15, 0.2) is 29.3 Å². The second kappa shape index (κ2) is 7.94. The number of ether oxygens (including phenoxy) is 1. The number of aryl methyl sites for hydroxylation is 1. The number of aromatic nitrogens is 2. The molecule has 31 heavy (non-hydrogen) atoms. The monoisotopic (exact) mass is 422 g/mol. The van der Waals surface area contributed by atoms with Gasteiger partial charge in [-0.3, -0.25) is 4.79 Å². The molecule has 1 saturated carbocycles. The number of carboxylic acids is 1. The van der Waals surface area contributed by atoms with Gasteiger partial charge in [-0.1, -0.05) is 31.2 Å². The third-order valence-electron chi connectivity index (χ3n) is 6.66. The highest BCUT2D eigenvalue weighted by atomic mass is 16.5. The van der Waals surface area contributed by atoms with Gasteiger partial charge < -0.3 is 15.6 Å². The van der Waals surface area contributed by atoms with E-state index < -0.39 is 11.6 Å². The summed E-state index contributed by atoms with van der Waals surface area (Å²) in [5.41, 5.74) is 8.97. The minimum Gasteiger partial charge on any atom is -0.481 e. The quantitative estimate of drug-likeness (QED) is 0.742. The number of nitrogens with two attached hydrogens (primary N) is 1. The van der Waals surface area contributed by atoms with Crippen molar-refractivity contribution in [1.29, 1.82) is 0 Å². The molecule has 1 aliphatic heterocycles. The van der Waals surface area contributed by atoms with Crippen LogP contribution in [-0.2, 0) is 4.79 Å². The first-order chi connectivity index (χ1) is 14.7. The molecule has 1 aromatic carbocycles. The van der Waals surface area contributed by atoms with E-state index in [1.165, 1.54) is 5.56 Å². The number of carboxylic acid groups (broad SMARTS) is 1. The average Bonchev–Trinajstić information content (AvgIpc) is 2.72. The highest BCUT2D eigenvalue weighted by Gasteiger charge is 2.35. The van der Waals surface area contributed by atoms with Gasteiger partial charge in [0.1, 0.15) is 11.4 Å². The predicted octanol–water partition coefficient (Wildman–Crippen LogP) is 4.65. The van der Waals surface area contributed by atoms with Crippen molar-refractivity contribution < 1.29 is 14.6 Å². The normalized spacial score (nSPS) is 23.3. The summed E-state index contributed by atoms with van der Waals surface area (Å²) in [6.07, 6.45) is 3.97. The van der Waals surface area contributed by atoms with Gasteiger partial charge in [0.05, 0.1) is 11.6 Å². The summed E-state index contributed by atoms with van der Waals surface area (Å²) >= 11 is 0. The van der Waals surface area contributed by atoms with Gasteiger partial charge in [0.2, 0.25) is 5.88 Å². The van der Waals surface area contributed by atoms with Crippen LogP contribution in [0.25, 0.3) is 0 Å². The second-order valence-electron chi connectivity index (χ2n) is 9.24. The number of nitrogen functional groups attached to an aromatic ring is 1. The van der Waals surface area contributed by atoms with E-state index in [4.69, 9.17) is 15.5 Å². The van der Waals surface area contributed by atoms with Crippen LogP contribution >= 0.6 is 0 Å². The van der Waals surface area contributed by atoms with Crippen molar-refractivity contribution in [1.82, 2.24) is 9.97 Å². The SMILES string of the molecule is Cc1nc(N)c2c(n1)OC(C)(C)C(c1ccc(C3CCC(C(C)C(=O)O)CC3)cc1)=N2. The van der Waals surface area contributed by atoms with Crippen LogP contribution in [0.1, 0.15) is 69.3 Å². The van der Waals surface area contributed by atoms with Gasteiger partial charge in [-0.25, -0.2) is 9.98 Å². The minimum atomic E-state index is -0.686. The third-order valence-corrected chi connectivity index (χ3v) is 6.66. The zero-order valence-electron chi connectivity index (χ0n) is 18.6. The Bertz CT molecular complexity index is 1020. The van der Waals surface area contributed by atoms with Crippen molar-refractivity contribution in [2.75, 3.05) is 5.73 Å². The molecule has 1 aromatic heterocycles. The number of rotatable bonds is 4. The first-order valence-electron chi connectivity index (χ1n) is 10.9. The fourth-order valence-electron chi connectivity index (χ4n) is 4.75. The number of anilines is 1. The number of aliphatic carboxylic acids is 1. The summed E-state index contributed by atoms with van der Waals surface area (Å²) in [4.78, 5) is 24.6. The Hall–Kier alpha value is -2.96. The van der Waals surface area contributed by atoms with Gasteiger partial charge in [0.15, 0.2) is 11.5 Å². The summed E-state index contributed by atoms with van der Waals surface area (Å²) in [5.74, 6) is 1.09. The van der Waals surface area contributed by atoms with Gasteiger partial charge in [-0.2, -0.15) is 4.98 Å². The lowest BCUT2D eigenvalue weighted by molar-refractivity contribution is -0.143. The highest BCUT2D eigenvalue weighted by molar-refractivity contribution is 6.09. The Morgan fingerprint density at radius 2 is 1.81 bits per heavy atom. The first-order valence-corrected chi connectivity index (χ1v) is 10.9. The molecule has 2 aliphatic rings. The molecular weight excluding hydrogens is 392 g/mol. The fraction of sp³-hybridized carbons (Fsp3) is 0.500. The fourth-order valence-corrected chi connectivity index (χ4v) is 4.75. The van der Waals surface area contributed by atoms with E-state index in [0.717, 1.165) is 37.0 Å². The average molecular weight is 423 g/mol. The Morgan fingerprint density at radius 3 is 2.42 bits per heavy atom. The van der Waals surface area contributed by atoms with Crippen molar-refractivity contribution >= 4 is 23.2 Å². The van der Waals surface area contributed by atoms with E-state index in [1.807, 2.05) is 20.8 Å². The van der Waals surface area contributed by atoms with Gasteiger partial charge >= 0.3 is 5.97 Å². The summed E-state index contributed by atoms with van der Waals surface area (Å²) < 4.78 is 6.14. The molecular formula is C24H30N4O3. The molecule has 4 rings (SSSR count). The number of fused-ring (bicyclic) bond motifs is 1. The molecule has 1 atom stereocenters. The molecule has 0 radical (unpaired) electrons.